The average Bonchev–Trinajstić information content (AvgIpc) is 2.75. The van der Waals surface area contributed by atoms with Crippen molar-refractivity contribution in [1.29, 1.82) is 0 Å². The van der Waals surface area contributed by atoms with Crippen LogP contribution in [0.4, 0.5) is 17.1 Å². The van der Waals surface area contributed by atoms with Crippen LogP contribution in [0.1, 0.15) is 43.2 Å². The number of piperidine rings is 2. The van der Waals surface area contributed by atoms with Crippen LogP contribution in [-0.2, 0) is 0 Å². The Morgan fingerprint density at radius 3 is 2.57 bits per heavy atom. The van der Waals surface area contributed by atoms with Crippen molar-refractivity contribution < 1.29 is 0 Å². The zero-order chi connectivity index (χ0) is 19.3. The molecule has 2 saturated heterocycles. The lowest BCUT2D eigenvalue weighted by molar-refractivity contribution is 0.0649. The van der Waals surface area contributed by atoms with Crippen molar-refractivity contribution >= 4 is 17.1 Å². The Labute approximate surface area is 169 Å². The van der Waals surface area contributed by atoms with E-state index in [9.17, 15) is 0 Å². The molecule has 0 saturated carbocycles. The first-order chi connectivity index (χ1) is 13.7. The highest BCUT2D eigenvalue weighted by Crippen LogP contribution is 2.33. The molecule has 0 unspecified atom stereocenters. The van der Waals surface area contributed by atoms with Gasteiger partial charge in [-0.3, -0.25) is 0 Å². The first-order valence-electron chi connectivity index (χ1n) is 10.8. The van der Waals surface area contributed by atoms with Crippen LogP contribution in [0.5, 0.6) is 0 Å². The lowest BCUT2D eigenvalue weighted by Gasteiger charge is -2.44. The van der Waals surface area contributed by atoms with E-state index in [1.165, 1.54) is 62.0 Å². The summed E-state index contributed by atoms with van der Waals surface area (Å²) in [4.78, 5) is 2.74. The molecule has 0 bridgehead atoms. The Kier molecular flexibility index (Phi) is 6.06. The molecule has 2 aliphatic heterocycles. The van der Waals surface area contributed by atoms with E-state index in [0.29, 0.717) is 0 Å². The third-order valence-electron chi connectivity index (χ3n) is 6.57. The molecule has 0 aliphatic carbocycles. The molecule has 2 heterocycles. The van der Waals surface area contributed by atoms with Crippen LogP contribution in [0, 0.1) is 19.8 Å². The molecule has 2 aromatic rings. The molecule has 0 spiro atoms. The minimum Gasteiger partial charge on any atom is -0.384 e. The summed E-state index contributed by atoms with van der Waals surface area (Å²) in [5, 5.41) is 12.6. The van der Waals surface area contributed by atoms with Crippen LogP contribution in [-0.4, -0.2) is 30.6 Å². The molecular weight excluding hydrogens is 344 g/mol. The summed E-state index contributed by atoms with van der Waals surface area (Å²) >= 11 is 0. The number of anilines is 1. The third kappa shape index (κ3) is 4.27. The van der Waals surface area contributed by atoms with E-state index in [4.69, 9.17) is 0 Å². The van der Waals surface area contributed by atoms with Gasteiger partial charge in [0, 0.05) is 18.3 Å². The van der Waals surface area contributed by atoms with Crippen molar-refractivity contribution in [3.63, 3.8) is 0 Å². The summed E-state index contributed by atoms with van der Waals surface area (Å²) in [6.45, 7) is 8.02. The molecule has 4 nitrogen and oxygen atoms in total. The topological polar surface area (TPSA) is 40.0 Å². The van der Waals surface area contributed by atoms with Gasteiger partial charge in [0.2, 0.25) is 0 Å². The van der Waals surface area contributed by atoms with E-state index in [-0.39, 0.29) is 0 Å². The lowest BCUT2D eigenvalue weighted by Crippen LogP contribution is -2.49. The molecule has 28 heavy (non-hydrogen) atoms. The molecule has 0 amide bonds. The van der Waals surface area contributed by atoms with Gasteiger partial charge in [-0.15, -0.1) is 0 Å². The SMILES string of the molecule is Cc1c(N=Nc2ccccc2)ccc(NC[C@H]2CCCN3CCCC[C@@H]23)c1C. The summed E-state index contributed by atoms with van der Waals surface area (Å²) in [6.07, 6.45) is 6.86. The quantitative estimate of drug-likeness (QED) is 0.614. The second kappa shape index (κ2) is 8.87. The fourth-order valence-corrected chi connectivity index (χ4v) is 4.77. The van der Waals surface area contributed by atoms with Crippen LogP contribution in [0.25, 0.3) is 0 Å². The molecule has 1 N–H and O–H groups in total. The predicted octanol–water partition coefficient (Wildman–Crippen LogP) is 6.40. The van der Waals surface area contributed by atoms with Crippen LogP contribution < -0.4 is 5.32 Å². The fourth-order valence-electron chi connectivity index (χ4n) is 4.77. The van der Waals surface area contributed by atoms with Gasteiger partial charge in [0.15, 0.2) is 0 Å². The number of rotatable bonds is 5. The van der Waals surface area contributed by atoms with Crippen LogP contribution in [0.15, 0.2) is 52.7 Å². The Balaban J connectivity index is 1.42. The molecule has 0 radical (unpaired) electrons. The highest BCUT2D eigenvalue weighted by atomic mass is 15.2. The van der Waals surface area contributed by atoms with Gasteiger partial charge in [0.1, 0.15) is 0 Å². The van der Waals surface area contributed by atoms with Gasteiger partial charge in [-0.2, -0.15) is 10.2 Å². The summed E-state index contributed by atoms with van der Waals surface area (Å²) < 4.78 is 0. The number of nitrogens with one attached hydrogen (secondary N) is 1. The summed E-state index contributed by atoms with van der Waals surface area (Å²) in [5.74, 6) is 0.770. The van der Waals surface area contributed by atoms with Crippen molar-refractivity contribution in [2.75, 3.05) is 25.0 Å². The number of hydrogen-bond acceptors (Lipinski definition) is 4. The Morgan fingerprint density at radius 1 is 0.893 bits per heavy atom. The van der Waals surface area contributed by atoms with E-state index >= 15 is 0 Å². The van der Waals surface area contributed by atoms with E-state index in [0.717, 1.165) is 29.9 Å². The molecule has 2 atom stereocenters. The van der Waals surface area contributed by atoms with Crippen molar-refractivity contribution in [2.45, 2.75) is 52.0 Å². The van der Waals surface area contributed by atoms with Crippen molar-refractivity contribution in [3.8, 4) is 0 Å². The lowest BCUT2D eigenvalue weighted by atomic mass is 9.83. The average molecular weight is 377 g/mol. The predicted molar refractivity (Wildman–Crippen MR) is 117 cm³/mol. The van der Waals surface area contributed by atoms with E-state index in [1.807, 2.05) is 30.3 Å². The zero-order valence-corrected chi connectivity index (χ0v) is 17.2. The molecule has 0 aromatic heterocycles. The molecule has 2 fully saturated rings. The van der Waals surface area contributed by atoms with Gasteiger partial charge >= 0.3 is 0 Å². The maximum atomic E-state index is 4.47. The van der Waals surface area contributed by atoms with Gasteiger partial charge in [-0.25, -0.2) is 0 Å². The zero-order valence-electron chi connectivity index (χ0n) is 17.2. The molecule has 148 valence electrons. The molecule has 4 heteroatoms. The second-order valence-electron chi connectivity index (χ2n) is 8.30. The first kappa shape index (κ1) is 19.1. The normalized spacial score (nSPS) is 22.9. The van der Waals surface area contributed by atoms with Crippen LogP contribution >= 0.6 is 0 Å². The monoisotopic (exact) mass is 376 g/mol. The van der Waals surface area contributed by atoms with Crippen molar-refractivity contribution in [1.82, 2.24) is 4.90 Å². The highest BCUT2D eigenvalue weighted by molar-refractivity contribution is 5.62. The first-order valence-corrected chi connectivity index (χ1v) is 10.8. The van der Waals surface area contributed by atoms with Gasteiger partial charge in [-0.1, -0.05) is 24.6 Å². The largest absolute Gasteiger partial charge is 0.384 e. The number of fused-ring (bicyclic) bond motifs is 1. The molecule has 2 aromatic carbocycles. The summed E-state index contributed by atoms with van der Waals surface area (Å²) in [7, 11) is 0. The number of nitrogens with zero attached hydrogens (tertiary/aromatic N) is 3. The maximum absolute atomic E-state index is 4.47. The van der Waals surface area contributed by atoms with Gasteiger partial charge in [-0.05, 0) is 93.9 Å². The maximum Gasteiger partial charge on any atom is 0.0890 e. The number of azo groups is 1. The van der Waals surface area contributed by atoms with Gasteiger partial charge in [0.25, 0.3) is 0 Å². The molecule has 2 aliphatic rings. The van der Waals surface area contributed by atoms with Gasteiger partial charge in [0.05, 0.1) is 11.4 Å². The molecule has 4 rings (SSSR count). The smallest absolute Gasteiger partial charge is 0.0890 e. The van der Waals surface area contributed by atoms with Crippen LogP contribution in [0.2, 0.25) is 0 Å². The van der Waals surface area contributed by atoms with Gasteiger partial charge < -0.3 is 10.2 Å². The summed E-state index contributed by atoms with van der Waals surface area (Å²) in [6, 6.07) is 15.0. The van der Waals surface area contributed by atoms with Crippen LogP contribution in [0.3, 0.4) is 0 Å². The Bertz CT molecular complexity index is 813. The minimum absolute atomic E-state index is 0.770. The fraction of sp³-hybridized carbons (Fsp3) is 0.500. The van der Waals surface area contributed by atoms with E-state index < -0.39 is 0 Å². The highest BCUT2D eigenvalue weighted by Gasteiger charge is 2.32. The van der Waals surface area contributed by atoms with E-state index in [2.05, 4.69) is 46.4 Å². The number of hydrogen-bond donors (Lipinski definition) is 1. The minimum atomic E-state index is 0.770. The van der Waals surface area contributed by atoms with Crippen molar-refractivity contribution in [2.24, 2.45) is 16.1 Å². The standard InChI is InChI=1S/C24H32N4/c1-18-19(2)23(27-26-21-10-4-3-5-11-21)14-13-22(18)25-17-20-9-8-16-28-15-7-6-12-24(20)28/h3-5,10-11,13-14,20,24-25H,6-9,12,15-17H2,1-2H3/t20-,24+/m1/s1. The molecular formula is C24H32N4. The summed E-state index contributed by atoms with van der Waals surface area (Å²) in [5.41, 5.74) is 5.55. The third-order valence-corrected chi connectivity index (χ3v) is 6.57. The Hall–Kier alpha value is -2.20. The van der Waals surface area contributed by atoms with E-state index in [1.54, 1.807) is 0 Å². The Morgan fingerprint density at radius 2 is 1.71 bits per heavy atom. The second-order valence-corrected chi connectivity index (χ2v) is 8.30. The van der Waals surface area contributed by atoms with Crippen molar-refractivity contribution in [3.05, 3.63) is 53.6 Å². The number of benzene rings is 2.